The van der Waals surface area contributed by atoms with Gasteiger partial charge >= 0.3 is 0 Å². The Balaban J connectivity index is 1.67. The van der Waals surface area contributed by atoms with Gasteiger partial charge in [0.15, 0.2) is 5.82 Å². The fourth-order valence-electron chi connectivity index (χ4n) is 4.25. The number of likely N-dealkylation sites (N-methyl/N-ethyl adjacent to an activating group) is 1. The van der Waals surface area contributed by atoms with Crippen LogP contribution in [0.15, 0.2) is 43.0 Å². The smallest absolute Gasteiger partial charge is 0.164 e. The van der Waals surface area contributed by atoms with E-state index in [1.54, 1.807) is 6.07 Å². The van der Waals surface area contributed by atoms with Gasteiger partial charge in [0.05, 0.1) is 22.6 Å². The molecule has 2 aliphatic heterocycles. The minimum absolute atomic E-state index is 0.231. The van der Waals surface area contributed by atoms with E-state index in [2.05, 4.69) is 45.0 Å². The van der Waals surface area contributed by atoms with E-state index in [0.29, 0.717) is 0 Å². The summed E-state index contributed by atoms with van der Waals surface area (Å²) >= 11 is 0. The van der Waals surface area contributed by atoms with Crippen LogP contribution in [0.4, 0.5) is 15.9 Å². The number of aromatic nitrogens is 2. The van der Waals surface area contributed by atoms with E-state index in [4.69, 9.17) is 4.98 Å². The third-order valence-electron chi connectivity index (χ3n) is 5.92. The van der Waals surface area contributed by atoms with Crippen molar-refractivity contribution in [1.29, 1.82) is 0 Å². The maximum absolute atomic E-state index is 13.8. The van der Waals surface area contributed by atoms with Crippen LogP contribution in [-0.4, -0.2) is 54.7 Å². The predicted octanol–water partition coefficient (Wildman–Crippen LogP) is 3.73. The minimum atomic E-state index is -0.231. The molecule has 144 valence electrons. The molecular weight excluding hydrogens is 353 g/mol. The summed E-state index contributed by atoms with van der Waals surface area (Å²) in [6.07, 6.45) is 1.13. The van der Waals surface area contributed by atoms with E-state index >= 15 is 0 Å². The number of hydrogen-bond donors (Lipinski definition) is 0. The van der Waals surface area contributed by atoms with E-state index in [0.717, 1.165) is 72.2 Å². The quantitative estimate of drug-likeness (QED) is 0.646. The average molecular weight is 377 g/mol. The summed E-state index contributed by atoms with van der Waals surface area (Å²) in [6, 6.07) is 11.1. The number of nitrogens with zero attached hydrogens (tertiary/aromatic N) is 5. The minimum Gasteiger partial charge on any atom is -0.355 e. The van der Waals surface area contributed by atoms with Gasteiger partial charge in [-0.15, -0.1) is 0 Å². The van der Waals surface area contributed by atoms with Gasteiger partial charge in [0, 0.05) is 32.1 Å². The second-order valence-corrected chi connectivity index (χ2v) is 7.73. The molecule has 1 fully saturated rings. The second-order valence-electron chi connectivity index (χ2n) is 7.73. The largest absolute Gasteiger partial charge is 0.355 e. The molecule has 28 heavy (non-hydrogen) atoms. The molecule has 0 amide bonds. The van der Waals surface area contributed by atoms with Crippen molar-refractivity contribution in [1.82, 2.24) is 14.5 Å². The van der Waals surface area contributed by atoms with E-state index in [-0.39, 0.29) is 5.82 Å². The third kappa shape index (κ3) is 2.59. The maximum Gasteiger partial charge on any atom is 0.164 e. The molecule has 0 saturated carbocycles. The zero-order valence-corrected chi connectivity index (χ0v) is 16.3. The summed E-state index contributed by atoms with van der Waals surface area (Å²) in [6.45, 7) is 8.37. The molecule has 5 nitrogen and oxygen atoms in total. The monoisotopic (exact) mass is 377 g/mol. The first-order valence-corrected chi connectivity index (χ1v) is 9.72. The normalized spacial score (nSPS) is 17.6. The second kappa shape index (κ2) is 6.34. The van der Waals surface area contributed by atoms with Gasteiger partial charge in [-0.05, 0) is 56.4 Å². The molecule has 4 heterocycles. The highest BCUT2D eigenvalue weighted by Gasteiger charge is 2.27. The van der Waals surface area contributed by atoms with Crippen molar-refractivity contribution < 1.29 is 4.39 Å². The number of rotatable bonds is 1. The molecule has 2 aliphatic rings. The first-order valence-electron chi connectivity index (χ1n) is 9.72. The number of anilines is 2. The molecular formula is C22H24FN5. The Bertz CT molecular complexity index is 1090. The lowest BCUT2D eigenvalue weighted by atomic mass is 10.2. The lowest BCUT2D eigenvalue weighted by Gasteiger charge is -2.32. The third-order valence-corrected chi connectivity index (χ3v) is 5.92. The average Bonchev–Trinajstić information content (AvgIpc) is 2.93. The van der Waals surface area contributed by atoms with Crippen LogP contribution >= 0.6 is 0 Å². The van der Waals surface area contributed by atoms with Gasteiger partial charge in [-0.3, -0.25) is 4.57 Å². The number of pyridine rings is 1. The van der Waals surface area contributed by atoms with Crippen molar-refractivity contribution >= 4 is 28.1 Å². The number of halogens is 1. The van der Waals surface area contributed by atoms with E-state index in [9.17, 15) is 4.39 Å². The summed E-state index contributed by atoms with van der Waals surface area (Å²) in [4.78, 5) is 11.9. The zero-order chi connectivity index (χ0) is 19.4. The maximum atomic E-state index is 13.8. The molecule has 5 rings (SSSR count). The van der Waals surface area contributed by atoms with Crippen molar-refractivity contribution in [3.05, 3.63) is 54.5 Å². The molecule has 0 aliphatic carbocycles. The zero-order valence-electron chi connectivity index (χ0n) is 16.3. The van der Waals surface area contributed by atoms with Gasteiger partial charge in [0.25, 0.3) is 0 Å². The molecule has 1 aromatic carbocycles. The van der Waals surface area contributed by atoms with Crippen LogP contribution in [0.5, 0.6) is 0 Å². The SMILES string of the molecule is C=C1c2cc3cc(F)ccc3n2-c2nc(N3CCCN(C)CC3)ccc2N1C. The lowest BCUT2D eigenvalue weighted by molar-refractivity contribution is 0.360. The Morgan fingerprint density at radius 1 is 1.00 bits per heavy atom. The summed E-state index contributed by atoms with van der Waals surface area (Å²) in [5, 5.41) is 0.862. The molecule has 3 aromatic rings. The van der Waals surface area contributed by atoms with Gasteiger partial charge in [-0.25, -0.2) is 9.37 Å². The molecule has 6 heteroatoms. The van der Waals surface area contributed by atoms with E-state index in [1.807, 2.05) is 19.2 Å². The fraction of sp³-hybridized carbons (Fsp3) is 0.318. The van der Waals surface area contributed by atoms with E-state index in [1.165, 1.54) is 6.07 Å². The van der Waals surface area contributed by atoms with Crippen LogP contribution in [0.1, 0.15) is 12.1 Å². The molecule has 0 radical (unpaired) electrons. The Hall–Kier alpha value is -2.86. The van der Waals surface area contributed by atoms with E-state index < -0.39 is 0 Å². The van der Waals surface area contributed by atoms with Crippen LogP contribution in [0.25, 0.3) is 22.4 Å². The highest BCUT2D eigenvalue weighted by molar-refractivity contribution is 5.94. The fourth-order valence-corrected chi connectivity index (χ4v) is 4.25. The summed E-state index contributed by atoms with van der Waals surface area (Å²) in [5.41, 5.74) is 3.80. The van der Waals surface area contributed by atoms with Crippen molar-refractivity contribution in [2.75, 3.05) is 50.1 Å². The standard InChI is InChI=1S/C22H24FN5/c1-15-20-14-16-13-17(23)5-6-18(16)28(20)22-19(26(15)3)7-8-21(24-22)27-10-4-9-25(2)11-12-27/h5-8,13-14H,1,4,9-12H2,2-3H3. The van der Waals surface area contributed by atoms with Gasteiger partial charge in [0.2, 0.25) is 0 Å². The number of hydrogen-bond acceptors (Lipinski definition) is 4. The molecule has 1 saturated heterocycles. The van der Waals surface area contributed by atoms with Crippen molar-refractivity contribution in [3.8, 4) is 5.82 Å². The summed E-state index contributed by atoms with van der Waals surface area (Å²) in [5.74, 6) is 1.64. The Kier molecular flexibility index (Phi) is 3.91. The molecule has 2 aromatic heterocycles. The Morgan fingerprint density at radius 2 is 1.86 bits per heavy atom. The van der Waals surface area contributed by atoms with Gasteiger partial charge in [0.1, 0.15) is 11.6 Å². The molecule has 0 bridgehead atoms. The predicted molar refractivity (Wildman–Crippen MR) is 113 cm³/mol. The van der Waals surface area contributed by atoms with Crippen molar-refractivity contribution in [3.63, 3.8) is 0 Å². The Morgan fingerprint density at radius 3 is 2.71 bits per heavy atom. The summed E-state index contributed by atoms with van der Waals surface area (Å²) < 4.78 is 15.9. The molecule has 0 spiro atoms. The van der Waals surface area contributed by atoms with Gasteiger partial charge < -0.3 is 14.7 Å². The summed E-state index contributed by atoms with van der Waals surface area (Å²) in [7, 11) is 4.17. The molecule has 0 atom stereocenters. The number of benzene rings is 1. The van der Waals surface area contributed by atoms with Crippen LogP contribution in [0.2, 0.25) is 0 Å². The van der Waals surface area contributed by atoms with Crippen LogP contribution in [0.3, 0.4) is 0 Å². The first-order chi connectivity index (χ1) is 13.5. The van der Waals surface area contributed by atoms with Crippen LogP contribution in [0, 0.1) is 5.82 Å². The van der Waals surface area contributed by atoms with Gasteiger partial charge in [-0.1, -0.05) is 6.58 Å². The highest BCUT2D eigenvalue weighted by atomic mass is 19.1. The Labute approximate surface area is 164 Å². The van der Waals surface area contributed by atoms with Crippen molar-refractivity contribution in [2.24, 2.45) is 0 Å². The van der Waals surface area contributed by atoms with Crippen LogP contribution < -0.4 is 9.80 Å². The van der Waals surface area contributed by atoms with Gasteiger partial charge in [-0.2, -0.15) is 0 Å². The first kappa shape index (κ1) is 17.3. The lowest BCUT2D eigenvalue weighted by Crippen LogP contribution is -2.30. The van der Waals surface area contributed by atoms with Crippen LogP contribution in [-0.2, 0) is 0 Å². The topological polar surface area (TPSA) is 27.5 Å². The highest BCUT2D eigenvalue weighted by Crippen LogP contribution is 2.40. The molecule has 0 unspecified atom stereocenters. The molecule has 0 N–H and O–H groups in total. The number of fused-ring (bicyclic) bond motifs is 5. The van der Waals surface area contributed by atoms with Crippen molar-refractivity contribution in [2.45, 2.75) is 6.42 Å².